The lowest BCUT2D eigenvalue weighted by Crippen LogP contribution is -2.44. The molecule has 4 heterocycles. The van der Waals surface area contributed by atoms with Gasteiger partial charge in [0.15, 0.2) is 0 Å². The number of carbonyl (C=O) groups excluding carboxylic acids is 1. The lowest BCUT2D eigenvalue weighted by atomic mass is 9.98. The molecule has 4 aromatic rings. The summed E-state index contributed by atoms with van der Waals surface area (Å²) in [6.07, 6.45) is 3.55. The number of aromatic nitrogens is 3. The Morgan fingerprint density at radius 1 is 1.09 bits per heavy atom. The maximum absolute atomic E-state index is 14.4. The van der Waals surface area contributed by atoms with Gasteiger partial charge in [-0.1, -0.05) is 18.5 Å². The third-order valence-electron chi connectivity index (χ3n) is 9.12. The molecular weight excluding hydrogens is 593 g/mol. The van der Waals surface area contributed by atoms with Crippen molar-refractivity contribution in [2.45, 2.75) is 46.1 Å². The summed E-state index contributed by atoms with van der Waals surface area (Å²) in [5, 5.41) is 4.29. The number of hydrogen-bond acceptors (Lipinski definition) is 7. The summed E-state index contributed by atoms with van der Waals surface area (Å²) in [6.45, 7) is 10.8. The highest BCUT2D eigenvalue weighted by atomic mass is 35.5. The van der Waals surface area contributed by atoms with Gasteiger partial charge in [-0.2, -0.15) is 4.98 Å². The second-order valence-corrected chi connectivity index (χ2v) is 12.5. The average molecular weight is 632 g/mol. The SMILES string of the molecule is CCC(=O)N1CCC[C@@H](n2c(=O)c(-c3cc(F)ccc3Cl)c(C)c3cnc(Nc4ccc(N5CCN(C)CC5)c(C)c4)nc32)C1. The fourth-order valence-corrected chi connectivity index (χ4v) is 6.83. The molecular formula is C34H39ClFN7O2. The molecule has 1 amide bonds. The standard InChI is InChI=1S/C34H39ClFN7O2/c1-5-30(44)42-12-6-7-25(20-42)43-32-27(22(3)31(33(43)45)26-18-23(36)8-10-28(26)35)19-37-34(39-32)38-24-9-11-29(21(2)17-24)41-15-13-40(4)14-16-41/h8-11,17-19,25H,5-7,12-16,20H2,1-4H3,(H,37,38,39)/t25-/m1/s1. The third-order valence-corrected chi connectivity index (χ3v) is 9.45. The molecule has 236 valence electrons. The van der Waals surface area contributed by atoms with Crippen LogP contribution >= 0.6 is 11.6 Å². The molecule has 0 unspecified atom stereocenters. The minimum atomic E-state index is -0.484. The van der Waals surface area contributed by atoms with Gasteiger partial charge in [-0.05, 0) is 81.3 Å². The third kappa shape index (κ3) is 6.13. The first-order valence-corrected chi connectivity index (χ1v) is 16.0. The number of piperidine rings is 1. The van der Waals surface area contributed by atoms with Crippen LogP contribution in [0.25, 0.3) is 22.2 Å². The molecule has 2 aliphatic heterocycles. The molecule has 2 aromatic carbocycles. The normalized spacial score (nSPS) is 17.6. The molecule has 0 radical (unpaired) electrons. The van der Waals surface area contributed by atoms with Crippen LogP contribution in [-0.4, -0.2) is 76.6 Å². The Bertz CT molecular complexity index is 1820. The number of anilines is 3. The second-order valence-electron chi connectivity index (χ2n) is 12.1. The topological polar surface area (TPSA) is 86.6 Å². The number of aryl methyl sites for hydroxylation is 2. The highest BCUT2D eigenvalue weighted by Crippen LogP contribution is 2.34. The molecule has 9 nitrogen and oxygen atoms in total. The van der Waals surface area contributed by atoms with Gasteiger partial charge in [0.05, 0.1) is 11.6 Å². The largest absolute Gasteiger partial charge is 0.369 e. The molecule has 1 N–H and O–H groups in total. The first kappa shape index (κ1) is 31.0. The van der Waals surface area contributed by atoms with E-state index in [9.17, 15) is 14.0 Å². The van der Waals surface area contributed by atoms with Gasteiger partial charge in [0, 0.05) is 79.2 Å². The van der Waals surface area contributed by atoms with Gasteiger partial charge in [0.1, 0.15) is 11.5 Å². The molecule has 2 fully saturated rings. The molecule has 1 atom stereocenters. The number of nitrogens with one attached hydrogen (secondary N) is 1. The molecule has 2 saturated heterocycles. The number of carbonyl (C=O) groups is 1. The van der Waals surface area contributed by atoms with Crippen molar-refractivity contribution in [3.05, 3.63) is 74.9 Å². The van der Waals surface area contributed by atoms with Gasteiger partial charge in [0.25, 0.3) is 5.56 Å². The first-order chi connectivity index (χ1) is 21.6. The van der Waals surface area contributed by atoms with E-state index in [1.807, 2.05) is 24.8 Å². The number of likely N-dealkylation sites (N-methyl/N-ethyl adjacent to an activating group) is 1. The number of rotatable bonds is 6. The van der Waals surface area contributed by atoms with Crippen molar-refractivity contribution in [2.24, 2.45) is 0 Å². The van der Waals surface area contributed by atoms with E-state index in [0.29, 0.717) is 59.6 Å². The Kier molecular flexibility index (Phi) is 8.79. The Balaban J connectivity index is 1.43. The molecule has 2 aromatic heterocycles. The number of halogens is 2. The summed E-state index contributed by atoms with van der Waals surface area (Å²) in [4.78, 5) is 43.2. The Morgan fingerprint density at radius 3 is 2.60 bits per heavy atom. The van der Waals surface area contributed by atoms with Crippen LogP contribution in [0.3, 0.4) is 0 Å². The maximum atomic E-state index is 14.4. The zero-order valence-electron chi connectivity index (χ0n) is 26.2. The van der Waals surface area contributed by atoms with Crippen LogP contribution in [0.5, 0.6) is 0 Å². The van der Waals surface area contributed by atoms with E-state index in [1.54, 1.807) is 10.8 Å². The van der Waals surface area contributed by atoms with Crippen molar-refractivity contribution in [3.8, 4) is 11.1 Å². The van der Waals surface area contributed by atoms with Crippen molar-refractivity contribution in [1.82, 2.24) is 24.3 Å². The predicted octanol–water partition coefficient (Wildman–Crippen LogP) is 5.94. The smallest absolute Gasteiger partial charge is 0.260 e. The van der Waals surface area contributed by atoms with Gasteiger partial charge in [-0.3, -0.25) is 14.2 Å². The quantitative estimate of drug-likeness (QED) is 0.282. The van der Waals surface area contributed by atoms with E-state index in [4.69, 9.17) is 16.6 Å². The van der Waals surface area contributed by atoms with Gasteiger partial charge in [0.2, 0.25) is 11.9 Å². The van der Waals surface area contributed by atoms with E-state index in [2.05, 4.69) is 46.2 Å². The molecule has 0 bridgehead atoms. The van der Waals surface area contributed by atoms with Gasteiger partial charge >= 0.3 is 0 Å². The van der Waals surface area contributed by atoms with Crippen LogP contribution in [-0.2, 0) is 4.79 Å². The van der Waals surface area contributed by atoms with Crippen LogP contribution in [0.1, 0.15) is 43.4 Å². The van der Waals surface area contributed by atoms with Crippen LogP contribution in [0.2, 0.25) is 5.02 Å². The van der Waals surface area contributed by atoms with Crippen molar-refractivity contribution in [2.75, 3.05) is 56.5 Å². The number of hydrogen-bond donors (Lipinski definition) is 1. The average Bonchev–Trinajstić information content (AvgIpc) is 3.03. The second kappa shape index (κ2) is 12.8. The van der Waals surface area contributed by atoms with Gasteiger partial charge < -0.3 is 20.0 Å². The number of benzene rings is 2. The van der Waals surface area contributed by atoms with E-state index >= 15 is 0 Å². The minimum Gasteiger partial charge on any atom is -0.369 e. The zero-order valence-corrected chi connectivity index (χ0v) is 27.0. The number of fused-ring (bicyclic) bond motifs is 1. The molecule has 0 saturated carbocycles. The Hall–Kier alpha value is -4.02. The van der Waals surface area contributed by atoms with Crippen LogP contribution in [0, 0.1) is 19.7 Å². The van der Waals surface area contributed by atoms with Crippen LogP contribution in [0.4, 0.5) is 21.7 Å². The van der Waals surface area contributed by atoms with Crippen LogP contribution in [0.15, 0.2) is 47.4 Å². The van der Waals surface area contributed by atoms with Gasteiger partial charge in [-0.25, -0.2) is 9.37 Å². The predicted molar refractivity (Wildman–Crippen MR) is 178 cm³/mol. The highest BCUT2D eigenvalue weighted by molar-refractivity contribution is 6.33. The number of amides is 1. The summed E-state index contributed by atoms with van der Waals surface area (Å²) < 4.78 is 16.1. The molecule has 0 spiro atoms. The van der Waals surface area contributed by atoms with Crippen molar-refractivity contribution >= 4 is 45.9 Å². The van der Waals surface area contributed by atoms with E-state index < -0.39 is 5.82 Å². The maximum Gasteiger partial charge on any atom is 0.260 e. The molecule has 2 aliphatic rings. The monoisotopic (exact) mass is 631 g/mol. The van der Waals surface area contributed by atoms with Crippen molar-refractivity contribution in [1.29, 1.82) is 0 Å². The number of piperazine rings is 1. The van der Waals surface area contributed by atoms with Crippen molar-refractivity contribution < 1.29 is 9.18 Å². The van der Waals surface area contributed by atoms with E-state index in [1.165, 1.54) is 23.9 Å². The fourth-order valence-electron chi connectivity index (χ4n) is 6.62. The lowest BCUT2D eigenvalue weighted by molar-refractivity contribution is -0.132. The summed E-state index contributed by atoms with van der Waals surface area (Å²) in [6, 6.07) is 9.95. The Labute approximate surface area is 267 Å². The lowest BCUT2D eigenvalue weighted by Gasteiger charge is -2.35. The minimum absolute atomic E-state index is 0.0462. The fraction of sp³-hybridized carbons (Fsp3) is 0.412. The van der Waals surface area contributed by atoms with E-state index in [0.717, 1.165) is 43.9 Å². The van der Waals surface area contributed by atoms with Gasteiger partial charge in [-0.15, -0.1) is 0 Å². The molecule has 0 aliphatic carbocycles. The highest BCUT2D eigenvalue weighted by Gasteiger charge is 2.29. The summed E-state index contributed by atoms with van der Waals surface area (Å²) in [5.41, 5.74) is 4.61. The summed E-state index contributed by atoms with van der Waals surface area (Å²) >= 11 is 6.53. The van der Waals surface area contributed by atoms with Crippen molar-refractivity contribution in [3.63, 3.8) is 0 Å². The summed E-state index contributed by atoms with van der Waals surface area (Å²) in [7, 11) is 2.15. The number of pyridine rings is 1. The first-order valence-electron chi connectivity index (χ1n) is 15.6. The molecule has 6 rings (SSSR count). The summed E-state index contributed by atoms with van der Waals surface area (Å²) in [5.74, 6) is -0.0810. The zero-order chi connectivity index (χ0) is 31.8. The van der Waals surface area contributed by atoms with E-state index in [-0.39, 0.29) is 22.5 Å². The molecule has 11 heteroatoms. The number of likely N-dealkylation sites (tertiary alicyclic amines) is 1. The molecule has 45 heavy (non-hydrogen) atoms. The number of nitrogens with zero attached hydrogens (tertiary/aromatic N) is 6. The Morgan fingerprint density at radius 2 is 1.87 bits per heavy atom. The van der Waals surface area contributed by atoms with Crippen LogP contribution < -0.4 is 15.8 Å².